The van der Waals surface area contributed by atoms with Gasteiger partial charge in [0, 0.05) is 12.2 Å². The first-order valence-corrected chi connectivity index (χ1v) is 10.1. The maximum absolute atomic E-state index is 12.3. The Balaban J connectivity index is 2.02. The lowest BCUT2D eigenvalue weighted by atomic mass is 9.94. The average Bonchev–Trinajstić information content (AvgIpc) is 2.84. The first-order valence-electron chi connectivity index (χ1n) is 7.44. The molecule has 6 nitrogen and oxygen atoms in total. The van der Waals surface area contributed by atoms with Gasteiger partial charge >= 0.3 is 0 Å². The van der Waals surface area contributed by atoms with Crippen molar-refractivity contribution in [1.82, 2.24) is 9.62 Å². The number of sulfonamides is 1. The molecule has 0 aromatic heterocycles. The highest BCUT2D eigenvalue weighted by atomic mass is 32.2. The second-order valence-corrected chi connectivity index (χ2v) is 10.7. The van der Waals surface area contributed by atoms with Crippen molar-refractivity contribution >= 4 is 33.6 Å². The van der Waals surface area contributed by atoms with E-state index in [1.807, 2.05) is 27.7 Å². The lowest BCUT2D eigenvalue weighted by molar-refractivity contribution is -0.137. The molecule has 2 aliphatic rings. The fraction of sp³-hybridized carbons (Fsp3) is 0.857. The Morgan fingerprint density at radius 2 is 2.09 bits per heavy atom. The summed E-state index contributed by atoms with van der Waals surface area (Å²) in [5.74, 6) is -0.295. The van der Waals surface area contributed by atoms with Crippen LogP contribution in [-0.2, 0) is 19.6 Å². The fourth-order valence-electron chi connectivity index (χ4n) is 2.73. The molecule has 0 saturated carbocycles. The van der Waals surface area contributed by atoms with E-state index in [4.69, 9.17) is 0 Å². The Kier molecular flexibility index (Phi) is 4.56. The average molecular weight is 348 g/mol. The molecule has 0 spiro atoms. The van der Waals surface area contributed by atoms with Gasteiger partial charge in [-0.15, -0.1) is 11.8 Å². The van der Waals surface area contributed by atoms with Crippen LogP contribution < -0.4 is 4.72 Å². The Labute approximate surface area is 136 Å². The largest absolute Gasteiger partial charge is 0.315 e. The van der Waals surface area contributed by atoms with Gasteiger partial charge in [-0.05, 0) is 25.2 Å². The summed E-state index contributed by atoms with van der Waals surface area (Å²) in [5.41, 5.74) is -0.121. The van der Waals surface area contributed by atoms with Gasteiger partial charge in [-0.2, -0.15) is 0 Å². The molecule has 2 unspecified atom stereocenters. The Morgan fingerprint density at radius 3 is 2.68 bits per heavy atom. The number of thioether (sulfide) groups is 1. The van der Waals surface area contributed by atoms with E-state index in [2.05, 4.69) is 4.72 Å². The Hall–Kier alpha value is -0.760. The molecular formula is C14H24N2O4S2. The van der Waals surface area contributed by atoms with Crippen LogP contribution in [0.5, 0.6) is 0 Å². The Morgan fingerprint density at radius 1 is 1.45 bits per heavy atom. The molecule has 0 aliphatic carbocycles. The minimum absolute atomic E-state index is 0.0697. The molecule has 0 aromatic rings. The molecule has 2 rings (SSSR count). The lowest BCUT2D eigenvalue weighted by Crippen LogP contribution is -2.51. The van der Waals surface area contributed by atoms with Crippen LogP contribution in [0.15, 0.2) is 0 Å². The molecule has 1 N–H and O–H groups in total. The number of amides is 2. The predicted octanol–water partition coefficient (Wildman–Crippen LogP) is 1.32. The number of carbonyl (C=O) groups excluding carboxylic acids is 2. The van der Waals surface area contributed by atoms with Crippen LogP contribution in [0, 0.1) is 5.41 Å². The van der Waals surface area contributed by atoms with Crippen molar-refractivity contribution in [2.45, 2.75) is 57.9 Å². The van der Waals surface area contributed by atoms with Crippen LogP contribution in [0.25, 0.3) is 0 Å². The van der Waals surface area contributed by atoms with E-state index in [1.54, 1.807) is 16.7 Å². The maximum Gasteiger partial charge on any atom is 0.257 e. The minimum Gasteiger partial charge on any atom is -0.315 e. The zero-order valence-electron chi connectivity index (χ0n) is 13.5. The van der Waals surface area contributed by atoms with Gasteiger partial charge in [-0.25, -0.2) is 8.42 Å². The quantitative estimate of drug-likeness (QED) is 0.828. The number of hydrogen-bond acceptors (Lipinski definition) is 5. The number of nitrogens with zero attached hydrogens (tertiary/aromatic N) is 1. The molecule has 2 aliphatic heterocycles. The molecule has 2 amide bonds. The number of hydrogen-bond donors (Lipinski definition) is 1. The molecule has 0 radical (unpaired) electrons. The first kappa shape index (κ1) is 17.6. The third-order valence-corrected chi connectivity index (χ3v) is 6.88. The second-order valence-electron chi connectivity index (χ2n) is 7.36. The van der Waals surface area contributed by atoms with Gasteiger partial charge in [-0.3, -0.25) is 14.3 Å². The standard InChI is InChI=1S/C14H24N2O4S2/c1-13(2,3)7-8-22(19,20)15-12(18)10-9-21-14(4)6-5-11(17)16(10)14/h10H,5-9H2,1-4H3,(H,15,18). The van der Waals surface area contributed by atoms with E-state index in [0.29, 0.717) is 25.0 Å². The van der Waals surface area contributed by atoms with E-state index in [9.17, 15) is 18.0 Å². The van der Waals surface area contributed by atoms with Crippen molar-refractivity contribution in [2.24, 2.45) is 5.41 Å². The van der Waals surface area contributed by atoms with Crippen molar-refractivity contribution in [1.29, 1.82) is 0 Å². The second kappa shape index (κ2) is 5.70. The van der Waals surface area contributed by atoms with E-state index in [-0.39, 0.29) is 21.9 Å². The third kappa shape index (κ3) is 3.76. The molecule has 2 saturated heterocycles. The van der Waals surface area contributed by atoms with Crippen LogP contribution >= 0.6 is 11.8 Å². The van der Waals surface area contributed by atoms with Gasteiger partial charge in [0.2, 0.25) is 15.9 Å². The molecule has 22 heavy (non-hydrogen) atoms. The normalized spacial score (nSPS) is 28.8. The van der Waals surface area contributed by atoms with Crippen LogP contribution in [0.4, 0.5) is 0 Å². The molecular weight excluding hydrogens is 324 g/mol. The molecule has 2 heterocycles. The van der Waals surface area contributed by atoms with Crippen molar-refractivity contribution in [3.63, 3.8) is 0 Å². The molecule has 0 aromatic carbocycles. The smallest absolute Gasteiger partial charge is 0.257 e. The van der Waals surface area contributed by atoms with Crippen LogP contribution in [0.1, 0.15) is 47.0 Å². The van der Waals surface area contributed by atoms with Crippen LogP contribution in [0.2, 0.25) is 0 Å². The van der Waals surface area contributed by atoms with Gasteiger partial charge in [0.15, 0.2) is 0 Å². The summed E-state index contributed by atoms with van der Waals surface area (Å²) in [5, 5.41) is 0. The monoisotopic (exact) mass is 348 g/mol. The molecule has 2 atom stereocenters. The van der Waals surface area contributed by atoms with Gasteiger partial charge in [-0.1, -0.05) is 20.8 Å². The van der Waals surface area contributed by atoms with Crippen molar-refractivity contribution < 1.29 is 18.0 Å². The SMILES string of the molecule is CC(C)(C)CCS(=O)(=O)NC(=O)C1CSC2(C)CCC(=O)N12. The number of carbonyl (C=O) groups is 2. The van der Waals surface area contributed by atoms with Gasteiger partial charge < -0.3 is 4.90 Å². The number of nitrogens with one attached hydrogen (secondary N) is 1. The summed E-state index contributed by atoms with van der Waals surface area (Å²) >= 11 is 1.55. The third-order valence-electron chi connectivity index (χ3n) is 4.12. The number of fused-ring (bicyclic) bond motifs is 1. The summed E-state index contributed by atoms with van der Waals surface area (Å²) in [6, 6.07) is -0.686. The highest BCUT2D eigenvalue weighted by Gasteiger charge is 2.53. The highest BCUT2D eigenvalue weighted by molar-refractivity contribution is 8.01. The van der Waals surface area contributed by atoms with Gasteiger partial charge in [0.05, 0.1) is 10.6 Å². The number of rotatable bonds is 4. The Bertz CT molecular complexity index is 582. The zero-order chi connectivity index (χ0) is 16.8. The molecule has 0 bridgehead atoms. The summed E-state index contributed by atoms with van der Waals surface area (Å²) in [6.07, 6.45) is 1.59. The van der Waals surface area contributed by atoms with Crippen LogP contribution in [-0.4, -0.2) is 47.6 Å². The van der Waals surface area contributed by atoms with E-state index < -0.39 is 22.0 Å². The molecule has 126 valence electrons. The summed E-state index contributed by atoms with van der Waals surface area (Å²) < 4.78 is 26.3. The van der Waals surface area contributed by atoms with Gasteiger partial charge in [0.1, 0.15) is 6.04 Å². The summed E-state index contributed by atoms with van der Waals surface area (Å²) in [7, 11) is -3.66. The van der Waals surface area contributed by atoms with Gasteiger partial charge in [0.25, 0.3) is 5.91 Å². The maximum atomic E-state index is 12.3. The van der Waals surface area contributed by atoms with Crippen molar-refractivity contribution in [2.75, 3.05) is 11.5 Å². The minimum atomic E-state index is -3.66. The topological polar surface area (TPSA) is 83.5 Å². The highest BCUT2D eigenvalue weighted by Crippen LogP contribution is 2.47. The van der Waals surface area contributed by atoms with Crippen molar-refractivity contribution in [3.8, 4) is 0 Å². The van der Waals surface area contributed by atoms with E-state index >= 15 is 0 Å². The zero-order valence-corrected chi connectivity index (χ0v) is 15.1. The van der Waals surface area contributed by atoms with Crippen molar-refractivity contribution in [3.05, 3.63) is 0 Å². The lowest BCUT2D eigenvalue weighted by Gasteiger charge is -2.29. The first-order chi connectivity index (χ1) is 9.94. The van der Waals surface area contributed by atoms with E-state index in [0.717, 1.165) is 0 Å². The predicted molar refractivity (Wildman–Crippen MR) is 86.7 cm³/mol. The summed E-state index contributed by atoms with van der Waals surface area (Å²) in [4.78, 5) is 25.5. The summed E-state index contributed by atoms with van der Waals surface area (Å²) in [6.45, 7) is 7.79. The molecule has 8 heteroatoms. The fourth-order valence-corrected chi connectivity index (χ4v) is 5.59. The van der Waals surface area contributed by atoms with E-state index in [1.165, 1.54) is 0 Å². The molecule has 2 fully saturated rings. The van der Waals surface area contributed by atoms with Crippen LogP contribution in [0.3, 0.4) is 0 Å².